The number of nitrogens with two attached hydrogens (primary N) is 1. The van der Waals surface area contributed by atoms with E-state index in [-0.39, 0.29) is 5.91 Å². The third-order valence-corrected chi connectivity index (χ3v) is 5.00. The second-order valence-corrected chi connectivity index (χ2v) is 6.31. The van der Waals surface area contributed by atoms with Crippen LogP contribution in [0.2, 0.25) is 0 Å². The molecule has 0 radical (unpaired) electrons. The van der Waals surface area contributed by atoms with Gasteiger partial charge in [0.2, 0.25) is 5.91 Å². The fourth-order valence-corrected chi connectivity index (χ4v) is 3.85. The Morgan fingerprint density at radius 2 is 2.12 bits per heavy atom. The predicted molar refractivity (Wildman–Crippen MR) is 68.4 cm³/mol. The first-order chi connectivity index (χ1) is 7.71. The predicted octanol–water partition coefficient (Wildman–Crippen LogP) is 1.52. The van der Waals surface area contributed by atoms with E-state index in [2.05, 4.69) is 5.32 Å². The van der Waals surface area contributed by atoms with Crippen molar-refractivity contribution in [3.63, 3.8) is 0 Å². The standard InChI is InChI=1S/C12H22N2OS/c13-12(5-2-1-3-6-12)11(15)14-8-10-4-7-16-9-10/h10H,1-9,13H2,(H,14,15). The Morgan fingerprint density at radius 3 is 2.75 bits per heavy atom. The van der Waals surface area contributed by atoms with Crippen LogP contribution >= 0.6 is 11.8 Å². The van der Waals surface area contributed by atoms with Crippen molar-refractivity contribution in [3.8, 4) is 0 Å². The van der Waals surface area contributed by atoms with E-state index >= 15 is 0 Å². The molecule has 0 aromatic heterocycles. The third-order valence-electron chi connectivity index (χ3n) is 3.77. The number of nitrogens with one attached hydrogen (secondary N) is 1. The van der Waals surface area contributed by atoms with Crippen molar-refractivity contribution in [2.75, 3.05) is 18.1 Å². The average molecular weight is 242 g/mol. The molecule has 3 N–H and O–H groups in total. The molecule has 1 aliphatic heterocycles. The SMILES string of the molecule is NC1(C(=O)NCC2CCSC2)CCCCC1. The van der Waals surface area contributed by atoms with Crippen LogP contribution in [0.4, 0.5) is 0 Å². The number of hydrogen-bond donors (Lipinski definition) is 2. The van der Waals surface area contributed by atoms with Gasteiger partial charge in [-0.05, 0) is 36.7 Å². The maximum absolute atomic E-state index is 12.0. The van der Waals surface area contributed by atoms with E-state index in [0.717, 1.165) is 32.2 Å². The molecule has 0 aromatic rings. The van der Waals surface area contributed by atoms with Gasteiger partial charge in [-0.3, -0.25) is 4.79 Å². The van der Waals surface area contributed by atoms with Crippen molar-refractivity contribution in [1.29, 1.82) is 0 Å². The number of thioether (sulfide) groups is 1. The molecule has 2 fully saturated rings. The zero-order valence-corrected chi connectivity index (χ0v) is 10.7. The summed E-state index contributed by atoms with van der Waals surface area (Å²) in [6.45, 7) is 0.824. The Balaban J connectivity index is 1.77. The highest BCUT2D eigenvalue weighted by atomic mass is 32.2. The molecule has 0 aromatic carbocycles. The Hall–Kier alpha value is -0.220. The first-order valence-corrected chi connectivity index (χ1v) is 7.51. The van der Waals surface area contributed by atoms with Gasteiger partial charge in [0.25, 0.3) is 0 Å². The molecule has 1 unspecified atom stereocenters. The zero-order chi connectivity index (χ0) is 11.4. The molecule has 1 heterocycles. The molecule has 3 nitrogen and oxygen atoms in total. The molecule has 2 aliphatic rings. The molecule has 16 heavy (non-hydrogen) atoms. The Labute approximate surface area is 102 Å². The minimum absolute atomic E-state index is 0.0871. The van der Waals surface area contributed by atoms with Crippen molar-refractivity contribution in [2.45, 2.75) is 44.1 Å². The van der Waals surface area contributed by atoms with Gasteiger partial charge in [0.1, 0.15) is 0 Å². The quantitative estimate of drug-likeness (QED) is 0.789. The van der Waals surface area contributed by atoms with Crippen molar-refractivity contribution in [1.82, 2.24) is 5.32 Å². The summed E-state index contributed by atoms with van der Waals surface area (Å²) in [5.74, 6) is 3.19. The average Bonchev–Trinajstić information content (AvgIpc) is 2.79. The second-order valence-electron chi connectivity index (χ2n) is 5.16. The van der Waals surface area contributed by atoms with Crippen LogP contribution in [0, 0.1) is 5.92 Å². The van der Waals surface area contributed by atoms with Gasteiger partial charge in [0.05, 0.1) is 5.54 Å². The molecule has 1 saturated carbocycles. The van der Waals surface area contributed by atoms with Crippen LogP contribution in [-0.2, 0) is 4.79 Å². The molecule has 1 aliphatic carbocycles. The molecule has 1 amide bonds. The van der Waals surface area contributed by atoms with Gasteiger partial charge in [0.15, 0.2) is 0 Å². The maximum atomic E-state index is 12.0. The Kier molecular flexibility index (Phi) is 4.14. The molecular formula is C12H22N2OS. The fraction of sp³-hybridized carbons (Fsp3) is 0.917. The van der Waals surface area contributed by atoms with E-state index in [9.17, 15) is 4.79 Å². The van der Waals surface area contributed by atoms with Crippen molar-refractivity contribution >= 4 is 17.7 Å². The van der Waals surface area contributed by atoms with E-state index in [1.54, 1.807) is 0 Å². The largest absolute Gasteiger partial charge is 0.354 e. The minimum atomic E-state index is -0.565. The van der Waals surface area contributed by atoms with Gasteiger partial charge >= 0.3 is 0 Å². The molecule has 2 rings (SSSR count). The van der Waals surface area contributed by atoms with E-state index in [0.29, 0.717) is 5.92 Å². The molecular weight excluding hydrogens is 220 g/mol. The summed E-state index contributed by atoms with van der Waals surface area (Å²) in [5, 5.41) is 3.06. The smallest absolute Gasteiger partial charge is 0.240 e. The molecule has 0 spiro atoms. The fourth-order valence-electron chi connectivity index (χ4n) is 2.57. The molecule has 1 atom stereocenters. The zero-order valence-electron chi connectivity index (χ0n) is 9.84. The summed E-state index contributed by atoms with van der Waals surface area (Å²) in [6.07, 6.45) is 6.39. The van der Waals surface area contributed by atoms with Gasteiger partial charge < -0.3 is 11.1 Å². The summed E-state index contributed by atoms with van der Waals surface area (Å²) >= 11 is 1.99. The summed E-state index contributed by atoms with van der Waals surface area (Å²) in [6, 6.07) is 0. The summed E-state index contributed by atoms with van der Waals surface area (Å²) in [7, 11) is 0. The van der Waals surface area contributed by atoms with E-state index in [1.165, 1.54) is 24.3 Å². The van der Waals surface area contributed by atoms with Crippen LogP contribution in [0.25, 0.3) is 0 Å². The highest BCUT2D eigenvalue weighted by Gasteiger charge is 2.35. The summed E-state index contributed by atoms with van der Waals surface area (Å²) in [5.41, 5.74) is 5.60. The van der Waals surface area contributed by atoms with Crippen LogP contribution < -0.4 is 11.1 Å². The van der Waals surface area contributed by atoms with Crippen LogP contribution in [0.1, 0.15) is 38.5 Å². The summed E-state index contributed by atoms with van der Waals surface area (Å²) in [4.78, 5) is 12.0. The number of hydrogen-bond acceptors (Lipinski definition) is 3. The number of carbonyl (C=O) groups is 1. The van der Waals surface area contributed by atoms with Gasteiger partial charge in [0, 0.05) is 6.54 Å². The van der Waals surface area contributed by atoms with Gasteiger partial charge in [-0.15, -0.1) is 0 Å². The lowest BCUT2D eigenvalue weighted by Crippen LogP contribution is -2.55. The van der Waals surface area contributed by atoms with Gasteiger partial charge in [-0.2, -0.15) is 11.8 Å². The number of carbonyl (C=O) groups excluding carboxylic acids is 1. The normalized spacial score (nSPS) is 28.9. The third kappa shape index (κ3) is 2.92. The number of amides is 1. The Bertz CT molecular complexity index is 245. The van der Waals surface area contributed by atoms with Crippen molar-refractivity contribution in [3.05, 3.63) is 0 Å². The Morgan fingerprint density at radius 1 is 1.38 bits per heavy atom. The lowest BCUT2D eigenvalue weighted by atomic mass is 9.82. The van der Waals surface area contributed by atoms with Crippen LogP contribution in [-0.4, -0.2) is 29.5 Å². The highest BCUT2D eigenvalue weighted by Crippen LogP contribution is 2.27. The first-order valence-electron chi connectivity index (χ1n) is 6.36. The second kappa shape index (κ2) is 5.41. The first kappa shape index (κ1) is 12.2. The molecule has 0 bridgehead atoms. The van der Waals surface area contributed by atoms with Gasteiger partial charge in [-0.25, -0.2) is 0 Å². The molecule has 4 heteroatoms. The highest BCUT2D eigenvalue weighted by molar-refractivity contribution is 7.99. The minimum Gasteiger partial charge on any atom is -0.354 e. The lowest BCUT2D eigenvalue weighted by molar-refractivity contribution is -0.127. The van der Waals surface area contributed by atoms with Crippen LogP contribution in [0.3, 0.4) is 0 Å². The number of rotatable bonds is 3. The molecule has 92 valence electrons. The van der Waals surface area contributed by atoms with Crippen LogP contribution in [0.5, 0.6) is 0 Å². The lowest BCUT2D eigenvalue weighted by Gasteiger charge is -2.32. The molecule has 1 saturated heterocycles. The monoisotopic (exact) mass is 242 g/mol. The maximum Gasteiger partial charge on any atom is 0.240 e. The van der Waals surface area contributed by atoms with E-state index in [1.807, 2.05) is 11.8 Å². The van der Waals surface area contributed by atoms with Gasteiger partial charge in [-0.1, -0.05) is 19.3 Å². The topological polar surface area (TPSA) is 55.1 Å². The summed E-state index contributed by atoms with van der Waals surface area (Å²) < 4.78 is 0. The van der Waals surface area contributed by atoms with Crippen molar-refractivity contribution < 1.29 is 4.79 Å². The van der Waals surface area contributed by atoms with Crippen molar-refractivity contribution in [2.24, 2.45) is 11.7 Å². The van der Waals surface area contributed by atoms with E-state index < -0.39 is 5.54 Å². The van der Waals surface area contributed by atoms with E-state index in [4.69, 9.17) is 5.73 Å². The van der Waals surface area contributed by atoms with Crippen LogP contribution in [0.15, 0.2) is 0 Å².